The minimum Gasteiger partial charge on any atom is -0.368 e. The number of nitrogen functional groups attached to an aromatic ring is 1. The first-order chi connectivity index (χ1) is 9.24. The SMILES string of the molecule is CSc1nc(N)nc(SCc2ccccn2)c1C#N. The van der Waals surface area contributed by atoms with Crippen LogP contribution in [0.1, 0.15) is 11.3 Å². The van der Waals surface area contributed by atoms with Gasteiger partial charge in [0.1, 0.15) is 21.7 Å². The Balaban J connectivity index is 2.25. The molecule has 19 heavy (non-hydrogen) atoms. The Bertz CT molecular complexity index is 610. The van der Waals surface area contributed by atoms with Gasteiger partial charge in [0.05, 0.1) is 5.69 Å². The molecule has 2 aromatic rings. The molecule has 0 aliphatic rings. The summed E-state index contributed by atoms with van der Waals surface area (Å²) in [6, 6.07) is 7.86. The molecular formula is C12H11N5S2. The van der Waals surface area contributed by atoms with Crippen LogP contribution in [0, 0.1) is 11.3 Å². The van der Waals surface area contributed by atoms with Crippen LogP contribution in [0.25, 0.3) is 0 Å². The molecule has 2 N–H and O–H groups in total. The van der Waals surface area contributed by atoms with E-state index in [4.69, 9.17) is 5.73 Å². The zero-order valence-electron chi connectivity index (χ0n) is 10.2. The van der Waals surface area contributed by atoms with E-state index in [9.17, 15) is 5.26 Å². The predicted molar refractivity (Wildman–Crippen MR) is 76.7 cm³/mol. The highest BCUT2D eigenvalue weighted by atomic mass is 32.2. The highest BCUT2D eigenvalue weighted by molar-refractivity contribution is 7.99. The van der Waals surface area contributed by atoms with E-state index >= 15 is 0 Å². The van der Waals surface area contributed by atoms with Crippen molar-refractivity contribution in [3.05, 3.63) is 35.7 Å². The summed E-state index contributed by atoms with van der Waals surface area (Å²) in [6.07, 6.45) is 3.60. The Morgan fingerprint density at radius 1 is 1.32 bits per heavy atom. The van der Waals surface area contributed by atoms with E-state index in [0.29, 0.717) is 21.4 Å². The summed E-state index contributed by atoms with van der Waals surface area (Å²) in [5.41, 5.74) is 7.06. The van der Waals surface area contributed by atoms with Gasteiger partial charge in [-0.25, -0.2) is 9.97 Å². The summed E-state index contributed by atoms with van der Waals surface area (Å²) in [5, 5.41) is 10.4. The molecule has 0 unspecified atom stereocenters. The first kappa shape index (κ1) is 13.6. The number of hydrogen-bond donors (Lipinski definition) is 1. The van der Waals surface area contributed by atoms with Crippen LogP contribution in [0.15, 0.2) is 34.4 Å². The summed E-state index contributed by atoms with van der Waals surface area (Å²) in [5.74, 6) is 0.826. The van der Waals surface area contributed by atoms with Crippen LogP contribution in [0.5, 0.6) is 0 Å². The molecule has 5 nitrogen and oxygen atoms in total. The van der Waals surface area contributed by atoms with Gasteiger partial charge in [-0.2, -0.15) is 5.26 Å². The van der Waals surface area contributed by atoms with Crippen LogP contribution in [0.3, 0.4) is 0 Å². The van der Waals surface area contributed by atoms with Crippen molar-refractivity contribution in [2.24, 2.45) is 0 Å². The van der Waals surface area contributed by atoms with Crippen molar-refractivity contribution < 1.29 is 0 Å². The van der Waals surface area contributed by atoms with Crippen LogP contribution in [0.2, 0.25) is 0 Å². The normalized spacial score (nSPS) is 10.1. The highest BCUT2D eigenvalue weighted by Gasteiger charge is 2.13. The van der Waals surface area contributed by atoms with Gasteiger partial charge < -0.3 is 5.73 Å². The van der Waals surface area contributed by atoms with E-state index in [2.05, 4.69) is 21.0 Å². The van der Waals surface area contributed by atoms with Crippen molar-refractivity contribution in [3.8, 4) is 6.07 Å². The number of nitriles is 1. The Hall–Kier alpha value is -1.78. The largest absolute Gasteiger partial charge is 0.368 e. The Morgan fingerprint density at radius 2 is 2.11 bits per heavy atom. The average molecular weight is 289 g/mol. The lowest BCUT2D eigenvalue weighted by atomic mass is 10.4. The smallest absolute Gasteiger partial charge is 0.222 e. The first-order valence-electron chi connectivity index (χ1n) is 5.39. The van der Waals surface area contributed by atoms with Gasteiger partial charge in [-0.3, -0.25) is 4.98 Å². The van der Waals surface area contributed by atoms with Crippen LogP contribution in [-0.4, -0.2) is 21.2 Å². The summed E-state index contributed by atoms with van der Waals surface area (Å²) in [7, 11) is 0. The standard InChI is InChI=1S/C12H11N5S2/c1-18-10-9(6-13)11(17-12(14)16-10)19-7-8-4-2-3-5-15-8/h2-5H,7H2,1H3,(H2,14,16,17). The van der Waals surface area contributed by atoms with Crippen molar-refractivity contribution in [2.45, 2.75) is 15.8 Å². The van der Waals surface area contributed by atoms with Crippen LogP contribution < -0.4 is 5.73 Å². The second kappa shape index (κ2) is 6.41. The Morgan fingerprint density at radius 3 is 2.74 bits per heavy atom. The summed E-state index contributed by atoms with van der Waals surface area (Å²) in [6.45, 7) is 0. The van der Waals surface area contributed by atoms with Crippen molar-refractivity contribution in [3.63, 3.8) is 0 Å². The van der Waals surface area contributed by atoms with E-state index in [0.717, 1.165) is 5.69 Å². The van der Waals surface area contributed by atoms with Crippen molar-refractivity contribution in [2.75, 3.05) is 12.0 Å². The van der Waals surface area contributed by atoms with E-state index in [1.807, 2.05) is 24.5 Å². The number of hydrogen-bond acceptors (Lipinski definition) is 7. The number of aromatic nitrogens is 3. The monoisotopic (exact) mass is 289 g/mol. The first-order valence-corrected chi connectivity index (χ1v) is 7.60. The zero-order chi connectivity index (χ0) is 13.7. The second-order valence-corrected chi connectivity index (χ2v) is 5.25. The fourth-order valence-electron chi connectivity index (χ4n) is 1.41. The van der Waals surface area contributed by atoms with Gasteiger partial charge in [-0.1, -0.05) is 17.8 Å². The third-order valence-electron chi connectivity index (χ3n) is 2.25. The maximum Gasteiger partial charge on any atom is 0.222 e. The quantitative estimate of drug-likeness (QED) is 0.682. The van der Waals surface area contributed by atoms with Gasteiger partial charge in [0, 0.05) is 11.9 Å². The molecule has 0 aromatic carbocycles. The Kier molecular flexibility index (Phi) is 4.60. The molecule has 96 valence electrons. The van der Waals surface area contributed by atoms with E-state index in [1.165, 1.54) is 23.5 Å². The maximum atomic E-state index is 9.21. The van der Waals surface area contributed by atoms with E-state index in [1.54, 1.807) is 6.20 Å². The van der Waals surface area contributed by atoms with Gasteiger partial charge in [0.25, 0.3) is 0 Å². The number of nitrogens with two attached hydrogens (primary N) is 1. The number of nitrogens with zero attached hydrogens (tertiary/aromatic N) is 4. The molecule has 0 saturated carbocycles. The number of thioether (sulfide) groups is 2. The van der Waals surface area contributed by atoms with Crippen molar-refractivity contribution >= 4 is 29.5 Å². The van der Waals surface area contributed by atoms with Crippen molar-refractivity contribution in [1.82, 2.24) is 15.0 Å². The molecule has 2 rings (SSSR count). The molecule has 0 bridgehead atoms. The third kappa shape index (κ3) is 3.36. The highest BCUT2D eigenvalue weighted by Crippen LogP contribution is 2.29. The Labute approximate surface area is 119 Å². The molecule has 7 heteroatoms. The van der Waals surface area contributed by atoms with Crippen LogP contribution >= 0.6 is 23.5 Å². The van der Waals surface area contributed by atoms with Crippen LogP contribution in [-0.2, 0) is 5.75 Å². The molecule has 0 fully saturated rings. The maximum absolute atomic E-state index is 9.21. The van der Waals surface area contributed by atoms with Gasteiger partial charge in [-0.05, 0) is 18.4 Å². The average Bonchev–Trinajstić information content (AvgIpc) is 2.45. The molecule has 0 amide bonds. The van der Waals surface area contributed by atoms with Gasteiger partial charge in [0.2, 0.25) is 5.95 Å². The van der Waals surface area contributed by atoms with E-state index in [-0.39, 0.29) is 5.95 Å². The molecule has 0 atom stereocenters. The lowest BCUT2D eigenvalue weighted by Gasteiger charge is -2.06. The van der Waals surface area contributed by atoms with Gasteiger partial charge >= 0.3 is 0 Å². The van der Waals surface area contributed by atoms with Gasteiger partial charge in [-0.15, -0.1) is 11.8 Å². The minimum absolute atomic E-state index is 0.187. The summed E-state index contributed by atoms with van der Waals surface area (Å²) >= 11 is 2.83. The molecule has 0 saturated heterocycles. The lowest BCUT2D eigenvalue weighted by Crippen LogP contribution is -2.01. The molecule has 0 aliphatic heterocycles. The lowest BCUT2D eigenvalue weighted by molar-refractivity contribution is 0.960. The number of rotatable bonds is 4. The molecular weight excluding hydrogens is 278 g/mol. The number of pyridine rings is 1. The van der Waals surface area contributed by atoms with Crippen LogP contribution in [0.4, 0.5) is 5.95 Å². The van der Waals surface area contributed by atoms with Crippen molar-refractivity contribution in [1.29, 1.82) is 5.26 Å². The number of anilines is 1. The predicted octanol–water partition coefficient (Wildman–Crippen LogP) is 2.34. The summed E-state index contributed by atoms with van der Waals surface area (Å²) < 4.78 is 0. The second-order valence-electron chi connectivity index (χ2n) is 3.49. The fourth-order valence-corrected chi connectivity index (χ4v) is 2.91. The van der Waals surface area contributed by atoms with E-state index < -0.39 is 0 Å². The molecule has 0 radical (unpaired) electrons. The minimum atomic E-state index is 0.187. The fraction of sp³-hybridized carbons (Fsp3) is 0.167. The third-order valence-corrected chi connectivity index (χ3v) is 3.94. The topological polar surface area (TPSA) is 88.5 Å². The molecule has 0 spiro atoms. The van der Waals surface area contributed by atoms with Gasteiger partial charge in [0.15, 0.2) is 0 Å². The molecule has 2 aromatic heterocycles. The molecule has 0 aliphatic carbocycles. The summed E-state index contributed by atoms with van der Waals surface area (Å²) in [4.78, 5) is 12.4. The molecule has 2 heterocycles. The zero-order valence-corrected chi connectivity index (χ0v) is 11.8.